The van der Waals surface area contributed by atoms with Crippen LogP contribution in [-0.2, 0) is 20.7 Å². The van der Waals surface area contributed by atoms with E-state index in [0.29, 0.717) is 43.4 Å². The molecular weight excluding hydrogens is 415 g/mol. The molecule has 0 saturated carbocycles. The zero-order chi connectivity index (χ0) is 22.3. The molecule has 0 spiro atoms. The monoisotopic (exact) mass is 438 g/mol. The maximum atomic E-state index is 13.0. The van der Waals surface area contributed by atoms with Crippen LogP contribution < -0.4 is 4.90 Å². The van der Waals surface area contributed by atoms with Gasteiger partial charge in [-0.15, -0.1) is 0 Å². The van der Waals surface area contributed by atoms with E-state index in [2.05, 4.69) is 14.9 Å². The molecule has 1 aliphatic rings. The first-order chi connectivity index (χ1) is 15.6. The zero-order valence-electron chi connectivity index (χ0n) is 17.4. The molecule has 1 fully saturated rings. The molecule has 8 nitrogen and oxygen atoms in total. The molecule has 1 aromatic carbocycles. The molecule has 0 aliphatic carbocycles. The van der Waals surface area contributed by atoms with Crippen LogP contribution in [0.15, 0.2) is 59.3 Å². The van der Waals surface area contributed by atoms with E-state index < -0.39 is 5.97 Å². The van der Waals surface area contributed by atoms with Crippen LogP contribution >= 0.6 is 0 Å². The summed E-state index contributed by atoms with van der Waals surface area (Å²) in [7, 11) is 0. The number of nitrogens with zero attached hydrogens (tertiary/aromatic N) is 4. The van der Waals surface area contributed by atoms with Crippen molar-refractivity contribution in [1.29, 1.82) is 0 Å². The molecule has 3 aromatic rings. The number of benzene rings is 1. The summed E-state index contributed by atoms with van der Waals surface area (Å²) in [5.74, 6) is 0.716. The molecule has 1 saturated heterocycles. The molecule has 166 valence electrons. The summed E-state index contributed by atoms with van der Waals surface area (Å²) in [6, 6.07) is 11.6. The number of carbonyl (C=O) groups is 2. The molecule has 3 heterocycles. The van der Waals surface area contributed by atoms with E-state index in [1.54, 1.807) is 23.2 Å². The summed E-state index contributed by atoms with van der Waals surface area (Å²) in [5, 5.41) is 0. The van der Waals surface area contributed by atoms with E-state index in [1.807, 2.05) is 18.2 Å². The summed E-state index contributed by atoms with van der Waals surface area (Å²) < 4.78 is 23.8. The highest BCUT2D eigenvalue weighted by atomic mass is 19.1. The highest BCUT2D eigenvalue weighted by molar-refractivity contribution is 5.81. The van der Waals surface area contributed by atoms with Gasteiger partial charge in [0.15, 0.2) is 18.3 Å². The minimum atomic E-state index is -0.494. The second-order valence-corrected chi connectivity index (χ2v) is 7.34. The number of oxazole rings is 1. The first kappa shape index (κ1) is 21.5. The molecule has 2 aromatic heterocycles. The van der Waals surface area contributed by atoms with Crippen molar-refractivity contribution in [3.05, 3.63) is 66.6 Å². The van der Waals surface area contributed by atoms with E-state index >= 15 is 0 Å². The minimum Gasteiger partial charge on any atom is -0.456 e. The molecule has 4 rings (SSSR count). The van der Waals surface area contributed by atoms with Gasteiger partial charge in [-0.05, 0) is 36.4 Å². The molecule has 1 aliphatic heterocycles. The van der Waals surface area contributed by atoms with Crippen molar-refractivity contribution < 1.29 is 23.1 Å². The fourth-order valence-electron chi connectivity index (χ4n) is 3.41. The van der Waals surface area contributed by atoms with E-state index in [4.69, 9.17) is 9.15 Å². The number of hydrogen-bond acceptors (Lipinski definition) is 7. The number of carbonyl (C=O) groups excluding carboxylic acids is 2. The second kappa shape index (κ2) is 10.0. The Morgan fingerprint density at radius 1 is 1.03 bits per heavy atom. The van der Waals surface area contributed by atoms with Gasteiger partial charge in [-0.1, -0.05) is 6.07 Å². The van der Waals surface area contributed by atoms with Gasteiger partial charge < -0.3 is 19.0 Å². The normalized spacial score (nSPS) is 13.8. The van der Waals surface area contributed by atoms with Crippen LogP contribution in [0.4, 0.5) is 10.2 Å². The van der Waals surface area contributed by atoms with Crippen molar-refractivity contribution in [3.8, 4) is 11.3 Å². The number of anilines is 1. The van der Waals surface area contributed by atoms with Gasteiger partial charge in [-0.2, -0.15) is 0 Å². The number of hydrogen-bond donors (Lipinski definition) is 0. The topological polar surface area (TPSA) is 88.8 Å². The number of aryl methyl sites for hydroxylation is 1. The maximum Gasteiger partial charge on any atom is 0.306 e. The van der Waals surface area contributed by atoms with Gasteiger partial charge in [0, 0.05) is 44.4 Å². The quantitative estimate of drug-likeness (QED) is 0.524. The average Bonchev–Trinajstić information content (AvgIpc) is 3.31. The summed E-state index contributed by atoms with van der Waals surface area (Å²) in [5.41, 5.74) is 0.696. The van der Waals surface area contributed by atoms with Gasteiger partial charge in [0.2, 0.25) is 0 Å². The molecular formula is C23H23FN4O4. The standard InChI is InChI=1S/C23H23FN4O4/c24-18-6-4-17(5-7-18)19-15-26-21(32-19)8-9-23(30)31-16-22(29)28-13-11-27(12-14-28)20-3-1-2-10-25-20/h1-7,10,15H,8-9,11-14,16H2. The van der Waals surface area contributed by atoms with Crippen LogP contribution in [0.2, 0.25) is 0 Å². The van der Waals surface area contributed by atoms with E-state index in [1.165, 1.54) is 18.3 Å². The summed E-state index contributed by atoms with van der Waals surface area (Å²) >= 11 is 0. The second-order valence-electron chi connectivity index (χ2n) is 7.34. The van der Waals surface area contributed by atoms with Crippen molar-refractivity contribution in [1.82, 2.24) is 14.9 Å². The number of ether oxygens (including phenoxy) is 1. The first-order valence-corrected chi connectivity index (χ1v) is 10.4. The third kappa shape index (κ3) is 5.48. The predicted octanol–water partition coefficient (Wildman–Crippen LogP) is 2.70. The number of aromatic nitrogens is 2. The molecule has 9 heteroatoms. The molecule has 32 heavy (non-hydrogen) atoms. The van der Waals surface area contributed by atoms with Gasteiger partial charge >= 0.3 is 5.97 Å². The Morgan fingerprint density at radius 2 is 1.81 bits per heavy atom. The largest absolute Gasteiger partial charge is 0.456 e. The summed E-state index contributed by atoms with van der Waals surface area (Å²) in [4.78, 5) is 36.7. The Kier molecular flexibility index (Phi) is 6.74. The van der Waals surface area contributed by atoms with Crippen molar-refractivity contribution >= 4 is 17.7 Å². The lowest BCUT2D eigenvalue weighted by Crippen LogP contribution is -2.50. The number of pyridine rings is 1. The van der Waals surface area contributed by atoms with Gasteiger partial charge in [0.25, 0.3) is 5.91 Å². The minimum absolute atomic E-state index is 0.0457. The molecule has 0 bridgehead atoms. The van der Waals surface area contributed by atoms with E-state index in [9.17, 15) is 14.0 Å². The molecule has 0 N–H and O–H groups in total. The lowest BCUT2D eigenvalue weighted by molar-refractivity contribution is -0.152. The Hall–Kier alpha value is -3.75. The molecule has 1 amide bonds. The number of esters is 1. The summed E-state index contributed by atoms with van der Waals surface area (Å²) in [6.07, 6.45) is 3.57. The molecule has 0 atom stereocenters. The fraction of sp³-hybridized carbons (Fsp3) is 0.304. The molecule has 0 unspecified atom stereocenters. The van der Waals surface area contributed by atoms with Crippen molar-refractivity contribution in [2.24, 2.45) is 0 Å². The number of piperazine rings is 1. The summed E-state index contributed by atoms with van der Waals surface area (Å²) in [6.45, 7) is 2.17. The Morgan fingerprint density at radius 3 is 2.53 bits per heavy atom. The van der Waals surface area contributed by atoms with Crippen molar-refractivity contribution in [2.75, 3.05) is 37.7 Å². The fourth-order valence-corrected chi connectivity index (χ4v) is 3.41. The zero-order valence-corrected chi connectivity index (χ0v) is 17.4. The third-order valence-corrected chi connectivity index (χ3v) is 5.19. The highest BCUT2D eigenvalue weighted by Crippen LogP contribution is 2.21. The van der Waals surface area contributed by atoms with Crippen LogP contribution in [0.3, 0.4) is 0 Å². The Balaban J connectivity index is 1.18. The van der Waals surface area contributed by atoms with Gasteiger partial charge in [0.1, 0.15) is 11.6 Å². The van der Waals surface area contributed by atoms with Gasteiger partial charge in [-0.25, -0.2) is 14.4 Å². The smallest absolute Gasteiger partial charge is 0.306 e. The van der Waals surface area contributed by atoms with Gasteiger partial charge in [-0.3, -0.25) is 9.59 Å². The predicted molar refractivity (Wildman–Crippen MR) is 114 cm³/mol. The Bertz CT molecular complexity index is 1050. The van der Waals surface area contributed by atoms with E-state index in [0.717, 1.165) is 5.82 Å². The average molecular weight is 438 g/mol. The van der Waals surface area contributed by atoms with E-state index in [-0.39, 0.29) is 31.2 Å². The van der Waals surface area contributed by atoms with Crippen LogP contribution in [-0.4, -0.2) is 59.5 Å². The number of halogens is 1. The van der Waals surface area contributed by atoms with Crippen LogP contribution in [0.5, 0.6) is 0 Å². The van der Waals surface area contributed by atoms with Gasteiger partial charge in [0.05, 0.1) is 12.6 Å². The van der Waals surface area contributed by atoms with Crippen LogP contribution in [0, 0.1) is 5.82 Å². The maximum absolute atomic E-state index is 13.0. The third-order valence-electron chi connectivity index (χ3n) is 5.19. The lowest BCUT2D eigenvalue weighted by Gasteiger charge is -2.35. The SMILES string of the molecule is O=C(CCc1ncc(-c2ccc(F)cc2)o1)OCC(=O)N1CCN(c2ccccn2)CC1. The number of rotatable bonds is 7. The van der Waals surface area contributed by atoms with Crippen molar-refractivity contribution in [2.45, 2.75) is 12.8 Å². The lowest BCUT2D eigenvalue weighted by atomic mass is 10.2. The molecule has 0 radical (unpaired) electrons. The first-order valence-electron chi connectivity index (χ1n) is 10.4. The van der Waals surface area contributed by atoms with Crippen LogP contribution in [0.1, 0.15) is 12.3 Å². The van der Waals surface area contributed by atoms with Crippen LogP contribution in [0.25, 0.3) is 11.3 Å². The van der Waals surface area contributed by atoms with Crippen molar-refractivity contribution in [3.63, 3.8) is 0 Å². The highest BCUT2D eigenvalue weighted by Gasteiger charge is 2.22. The Labute approximate surface area is 184 Å². The number of amides is 1.